The standard InChI is InChI=1S/C15H20N2O2S2/c1-15(2,4-5-18)10-16-13(19)7-12-9-21-14(17-12)11-3-6-20-8-11/h3,6,8-9,18H,4-5,7,10H2,1-2H3,(H,16,19). The molecule has 0 aliphatic rings. The van der Waals surface area contributed by atoms with Crippen molar-refractivity contribution in [2.45, 2.75) is 26.7 Å². The topological polar surface area (TPSA) is 62.2 Å². The fourth-order valence-corrected chi connectivity index (χ4v) is 3.39. The number of carbonyl (C=O) groups excluding carboxylic acids is 1. The fraction of sp³-hybridized carbons (Fsp3) is 0.467. The number of amides is 1. The van der Waals surface area contributed by atoms with Crippen LogP contribution in [0.25, 0.3) is 10.6 Å². The van der Waals surface area contributed by atoms with Gasteiger partial charge in [0, 0.05) is 29.5 Å². The van der Waals surface area contributed by atoms with Crippen molar-refractivity contribution in [2.75, 3.05) is 13.2 Å². The number of nitrogens with zero attached hydrogens (tertiary/aromatic N) is 1. The Morgan fingerprint density at radius 1 is 1.43 bits per heavy atom. The van der Waals surface area contributed by atoms with Crippen molar-refractivity contribution in [3.05, 3.63) is 27.9 Å². The number of hydrogen-bond acceptors (Lipinski definition) is 5. The molecule has 0 spiro atoms. The minimum Gasteiger partial charge on any atom is -0.396 e. The molecular formula is C15H20N2O2S2. The third-order valence-electron chi connectivity index (χ3n) is 3.21. The summed E-state index contributed by atoms with van der Waals surface area (Å²) in [6.07, 6.45) is 0.974. The molecule has 2 aromatic rings. The summed E-state index contributed by atoms with van der Waals surface area (Å²) in [5, 5.41) is 18.9. The Balaban J connectivity index is 1.86. The van der Waals surface area contributed by atoms with Gasteiger partial charge in [-0.3, -0.25) is 4.79 Å². The molecule has 0 aromatic carbocycles. The molecule has 114 valence electrons. The first kappa shape index (κ1) is 16.1. The number of thiophene rings is 1. The van der Waals surface area contributed by atoms with Gasteiger partial charge in [-0.1, -0.05) is 13.8 Å². The molecule has 0 unspecified atom stereocenters. The van der Waals surface area contributed by atoms with Crippen LogP contribution in [0.1, 0.15) is 26.0 Å². The van der Waals surface area contributed by atoms with Crippen LogP contribution in [0.4, 0.5) is 0 Å². The fourth-order valence-electron chi connectivity index (χ4n) is 1.86. The van der Waals surface area contributed by atoms with Gasteiger partial charge < -0.3 is 10.4 Å². The minimum absolute atomic E-state index is 0.0248. The van der Waals surface area contributed by atoms with E-state index in [1.165, 1.54) is 0 Å². The van der Waals surface area contributed by atoms with E-state index >= 15 is 0 Å². The lowest BCUT2D eigenvalue weighted by Crippen LogP contribution is -2.35. The third kappa shape index (κ3) is 4.91. The molecule has 0 radical (unpaired) electrons. The number of thiazole rings is 1. The van der Waals surface area contributed by atoms with Crippen LogP contribution in [0.3, 0.4) is 0 Å². The van der Waals surface area contributed by atoms with Crippen molar-refractivity contribution in [1.82, 2.24) is 10.3 Å². The van der Waals surface area contributed by atoms with Crippen LogP contribution in [0.2, 0.25) is 0 Å². The largest absolute Gasteiger partial charge is 0.396 e. The maximum absolute atomic E-state index is 12.0. The molecule has 0 bridgehead atoms. The Kier molecular flexibility index (Phi) is 5.50. The first-order valence-corrected chi connectivity index (χ1v) is 8.67. The minimum atomic E-state index is -0.0890. The Bertz CT molecular complexity index is 576. The van der Waals surface area contributed by atoms with Gasteiger partial charge in [0.05, 0.1) is 12.1 Å². The zero-order valence-corrected chi connectivity index (χ0v) is 13.9. The van der Waals surface area contributed by atoms with Crippen molar-refractivity contribution in [3.63, 3.8) is 0 Å². The number of aliphatic hydroxyl groups excluding tert-OH is 1. The summed E-state index contributed by atoms with van der Waals surface area (Å²) in [6, 6.07) is 2.03. The van der Waals surface area contributed by atoms with E-state index in [1.807, 2.05) is 30.7 Å². The summed E-state index contributed by atoms with van der Waals surface area (Å²) < 4.78 is 0. The van der Waals surface area contributed by atoms with Crippen LogP contribution >= 0.6 is 22.7 Å². The first-order valence-electron chi connectivity index (χ1n) is 6.85. The second kappa shape index (κ2) is 7.15. The zero-order chi connectivity index (χ0) is 15.3. The van der Waals surface area contributed by atoms with Crippen molar-refractivity contribution in [2.24, 2.45) is 5.41 Å². The van der Waals surface area contributed by atoms with Crippen LogP contribution in [0.15, 0.2) is 22.2 Å². The molecule has 6 heteroatoms. The molecule has 2 N–H and O–H groups in total. The number of hydrogen-bond donors (Lipinski definition) is 2. The average molecular weight is 324 g/mol. The molecule has 0 aliphatic heterocycles. The highest BCUT2D eigenvalue weighted by molar-refractivity contribution is 7.14. The lowest BCUT2D eigenvalue weighted by atomic mass is 9.90. The predicted molar refractivity (Wildman–Crippen MR) is 87.6 cm³/mol. The average Bonchev–Trinajstić information content (AvgIpc) is 3.06. The number of aromatic nitrogens is 1. The smallest absolute Gasteiger partial charge is 0.226 e. The second-order valence-corrected chi connectivity index (χ2v) is 7.39. The van der Waals surface area contributed by atoms with Crippen LogP contribution in [0, 0.1) is 5.41 Å². The van der Waals surface area contributed by atoms with Crippen molar-refractivity contribution < 1.29 is 9.90 Å². The summed E-state index contributed by atoms with van der Waals surface area (Å²) >= 11 is 3.20. The number of aliphatic hydroxyl groups is 1. The summed E-state index contributed by atoms with van der Waals surface area (Å²) in [5.41, 5.74) is 1.83. The lowest BCUT2D eigenvalue weighted by Gasteiger charge is -2.23. The van der Waals surface area contributed by atoms with Gasteiger partial charge in [0.1, 0.15) is 5.01 Å². The van der Waals surface area contributed by atoms with E-state index in [2.05, 4.69) is 15.7 Å². The van der Waals surface area contributed by atoms with Gasteiger partial charge in [0.25, 0.3) is 0 Å². The van der Waals surface area contributed by atoms with E-state index < -0.39 is 0 Å². The summed E-state index contributed by atoms with van der Waals surface area (Å²) in [7, 11) is 0. The van der Waals surface area contributed by atoms with Crippen LogP contribution in [-0.4, -0.2) is 29.1 Å². The lowest BCUT2D eigenvalue weighted by molar-refractivity contribution is -0.121. The maximum Gasteiger partial charge on any atom is 0.226 e. The molecule has 0 fully saturated rings. The molecule has 2 aromatic heterocycles. The highest BCUT2D eigenvalue weighted by Crippen LogP contribution is 2.25. The number of carbonyl (C=O) groups is 1. The maximum atomic E-state index is 12.0. The van der Waals surface area contributed by atoms with Crippen LogP contribution in [0.5, 0.6) is 0 Å². The van der Waals surface area contributed by atoms with Gasteiger partial charge in [0.2, 0.25) is 5.91 Å². The van der Waals surface area contributed by atoms with Crippen LogP contribution in [-0.2, 0) is 11.2 Å². The quantitative estimate of drug-likeness (QED) is 0.823. The van der Waals surface area contributed by atoms with E-state index in [0.29, 0.717) is 19.4 Å². The summed E-state index contributed by atoms with van der Waals surface area (Å²) in [6.45, 7) is 4.76. The van der Waals surface area contributed by atoms with E-state index in [1.54, 1.807) is 22.7 Å². The highest BCUT2D eigenvalue weighted by atomic mass is 32.1. The second-order valence-electron chi connectivity index (χ2n) is 5.75. The first-order chi connectivity index (χ1) is 10.00. The molecule has 21 heavy (non-hydrogen) atoms. The summed E-state index contributed by atoms with van der Waals surface area (Å²) in [4.78, 5) is 16.5. The third-order valence-corrected chi connectivity index (χ3v) is 4.84. The number of nitrogens with one attached hydrogen (secondary N) is 1. The van der Waals surface area contributed by atoms with Gasteiger partial charge in [-0.25, -0.2) is 4.98 Å². The summed E-state index contributed by atoms with van der Waals surface area (Å²) in [5.74, 6) is -0.0248. The van der Waals surface area contributed by atoms with Crippen molar-refractivity contribution in [3.8, 4) is 10.6 Å². The number of rotatable bonds is 7. The molecular weight excluding hydrogens is 304 g/mol. The predicted octanol–water partition coefficient (Wildman–Crippen LogP) is 2.94. The van der Waals surface area contributed by atoms with Gasteiger partial charge in [-0.15, -0.1) is 11.3 Å². The van der Waals surface area contributed by atoms with Gasteiger partial charge in [0.15, 0.2) is 0 Å². The zero-order valence-electron chi connectivity index (χ0n) is 12.3. The molecule has 0 saturated heterocycles. The van der Waals surface area contributed by atoms with E-state index in [-0.39, 0.29) is 17.9 Å². The normalized spacial score (nSPS) is 11.6. The van der Waals surface area contributed by atoms with Crippen molar-refractivity contribution in [1.29, 1.82) is 0 Å². The van der Waals surface area contributed by atoms with Gasteiger partial charge >= 0.3 is 0 Å². The Hall–Kier alpha value is -1.24. The van der Waals surface area contributed by atoms with Crippen molar-refractivity contribution >= 4 is 28.6 Å². The molecule has 0 atom stereocenters. The van der Waals surface area contributed by atoms with Gasteiger partial charge in [-0.2, -0.15) is 11.3 Å². The molecule has 2 rings (SSSR count). The highest BCUT2D eigenvalue weighted by Gasteiger charge is 2.18. The molecule has 2 heterocycles. The van der Waals surface area contributed by atoms with Crippen LogP contribution < -0.4 is 5.32 Å². The Morgan fingerprint density at radius 3 is 2.90 bits per heavy atom. The Labute approximate surface area is 132 Å². The molecule has 1 amide bonds. The Morgan fingerprint density at radius 2 is 2.24 bits per heavy atom. The molecule has 0 aliphatic carbocycles. The van der Waals surface area contributed by atoms with E-state index in [0.717, 1.165) is 16.3 Å². The molecule has 0 saturated carbocycles. The van der Waals surface area contributed by atoms with Gasteiger partial charge in [-0.05, 0) is 23.3 Å². The monoisotopic (exact) mass is 324 g/mol. The van der Waals surface area contributed by atoms with E-state index in [9.17, 15) is 4.79 Å². The van der Waals surface area contributed by atoms with E-state index in [4.69, 9.17) is 5.11 Å². The SMILES string of the molecule is CC(C)(CCO)CNC(=O)Cc1csc(-c2ccsc2)n1. The molecule has 4 nitrogen and oxygen atoms in total.